The smallest absolute Gasteiger partial charge is 0.410 e. The van der Waals surface area contributed by atoms with E-state index in [2.05, 4.69) is 44.5 Å². The number of carbonyl (C=O) groups is 4. The minimum atomic E-state index is -3.89. The third-order valence-corrected chi connectivity index (χ3v) is 12.5. The number of ether oxygens (including phenoxy) is 1. The highest BCUT2D eigenvalue weighted by Gasteiger charge is 2.62. The molecule has 6 rings (SSSR count). The van der Waals surface area contributed by atoms with E-state index in [9.17, 15) is 32.0 Å². The number of fused-ring (bicyclic) bond motifs is 1. The Hall–Kier alpha value is -3.73. The van der Waals surface area contributed by atoms with Crippen LogP contribution in [0.25, 0.3) is 0 Å². The predicted molar refractivity (Wildman–Crippen MR) is 187 cm³/mol. The minimum absolute atomic E-state index is 0.0418. The number of likely N-dealkylation sites (tertiary alicyclic amines) is 1. The lowest BCUT2D eigenvalue weighted by atomic mass is 10.0. The summed E-state index contributed by atoms with van der Waals surface area (Å²) >= 11 is 2.23. The molecule has 49 heavy (non-hydrogen) atoms. The number of rotatable bonds is 11. The van der Waals surface area contributed by atoms with Gasteiger partial charge in [-0.1, -0.05) is 32.1 Å². The van der Waals surface area contributed by atoms with Crippen molar-refractivity contribution >= 4 is 62.1 Å². The number of nitrogens with one attached hydrogen (secondary N) is 3. The number of hydrogen-bond donors (Lipinski definition) is 3. The molecular formula is C34H39FIN5O7S. The quantitative estimate of drug-likeness (QED) is 0.230. The highest BCUT2D eigenvalue weighted by atomic mass is 127. The third-order valence-electron chi connectivity index (χ3n) is 9.65. The van der Waals surface area contributed by atoms with Crippen molar-refractivity contribution in [2.45, 2.75) is 81.6 Å². The molecule has 15 heteroatoms. The second-order valence-electron chi connectivity index (χ2n) is 13.5. The number of halogens is 2. The first-order valence-corrected chi connectivity index (χ1v) is 18.9. The van der Waals surface area contributed by atoms with E-state index in [-0.39, 0.29) is 25.3 Å². The van der Waals surface area contributed by atoms with Gasteiger partial charge in [-0.25, -0.2) is 17.6 Å². The fraction of sp³-hybridized carbons (Fsp3) is 0.471. The van der Waals surface area contributed by atoms with Gasteiger partial charge in [0.1, 0.15) is 29.5 Å². The maximum absolute atomic E-state index is 14.2. The average molecular weight is 808 g/mol. The van der Waals surface area contributed by atoms with Crippen LogP contribution in [-0.2, 0) is 42.2 Å². The molecule has 2 aromatic carbocycles. The van der Waals surface area contributed by atoms with Gasteiger partial charge in [0.05, 0.1) is 18.3 Å². The predicted octanol–water partition coefficient (Wildman–Crippen LogP) is 3.66. The lowest BCUT2D eigenvalue weighted by Gasteiger charge is -2.31. The molecule has 5 atom stereocenters. The maximum atomic E-state index is 14.2. The summed E-state index contributed by atoms with van der Waals surface area (Å²) in [5.74, 6) is -3.21. The van der Waals surface area contributed by atoms with Crippen molar-refractivity contribution in [3.63, 3.8) is 0 Å². The van der Waals surface area contributed by atoms with Gasteiger partial charge in [-0.3, -0.25) is 24.0 Å². The van der Waals surface area contributed by atoms with Crippen LogP contribution < -0.4 is 15.4 Å². The number of amides is 4. The van der Waals surface area contributed by atoms with Gasteiger partial charge in [-0.05, 0) is 89.2 Å². The molecule has 0 bridgehead atoms. The van der Waals surface area contributed by atoms with E-state index in [0.29, 0.717) is 31.6 Å². The molecule has 3 fully saturated rings. The Morgan fingerprint density at radius 1 is 1.10 bits per heavy atom. The molecule has 262 valence electrons. The van der Waals surface area contributed by atoms with E-state index in [4.69, 9.17) is 4.74 Å². The van der Waals surface area contributed by atoms with Crippen LogP contribution in [0.15, 0.2) is 55.1 Å². The largest absolute Gasteiger partial charge is 0.444 e. The summed E-state index contributed by atoms with van der Waals surface area (Å²) in [6.07, 6.45) is 1.08. The fourth-order valence-electron chi connectivity index (χ4n) is 6.54. The van der Waals surface area contributed by atoms with Crippen LogP contribution in [0.1, 0.15) is 50.7 Å². The molecule has 12 nitrogen and oxygen atoms in total. The monoisotopic (exact) mass is 807 g/mol. The summed E-state index contributed by atoms with van der Waals surface area (Å²) in [6.45, 7) is 8.04. The molecule has 2 aromatic rings. The Morgan fingerprint density at radius 2 is 1.82 bits per heavy atom. The molecule has 4 aliphatic rings. The molecule has 0 aromatic heterocycles. The molecule has 2 heterocycles. The summed E-state index contributed by atoms with van der Waals surface area (Å²) in [4.78, 5) is 58.0. The Morgan fingerprint density at radius 3 is 2.43 bits per heavy atom. The van der Waals surface area contributed by atoms with Crippen molar-refractivity contribution in [3.05, 3.63) is 75.6 Å². The second-order valence-corrected chi connectivity index (χ2v) is 16.7. The van der Waals surface area contributed by atoms with Gasteiger partial charge >= 0.3 is 6.09 Å². The fourth-order valence-corrected chi connectivity index (χ4v) is 8.63. The molecule has 0 unspecified atom stereocenters. The normalized spacial score (nSPS) is 25.0. The van der Waals surface area contributed by atoms with Gasteiger partial charge in [0.25, 0.3) is 5.91 Å². The molecule has 0 spiro atoms. The van der Waals surface area contributed by atoms with Crippen LogP contribution in [0.5, 0.6) is 0 Å². The Balaban J connectivity index is 1.22. The van der Waals surface area contributed by atoms with Gasteiger partial charge in [-0.15, -0.1) is 6.58 Å². The molecule has 0 radical (unpaired) electrons. The maximum Gasteiger partial charge on any atom is 0.410 e. The first-order chi connectivity index (χ1) is 23.2. The Labute approximate surface area is 298 Å². The zero-order chi connectivity index (χ0) is 35.2. The molecule has 4 amide bonds. The Bertz CT molecular complexity index is 1790. The van der Waals surface area contributed by atoms with Crippen molar-refractivity contribution in [1.82, 2.24) is 19.8 Å². The molecule has 2 aliphatic heterocycles. The molecule has 1 saturated heterocycles. The zero-order valence-corrected chi connectivity index (χ0v) is 30.1. The van der Waals surface area contributed by atoms with E-state index in [1.54, 1.807) is 4.90 Å². The van der Waals surface area contributed by atoms with E-state index < -0.39 is 74.5 Å². The Kier molecular flexibility index (Phi) is 9.69. The molecule has 2 saturated carbocycles. The highest BCUT2D eigenvalue weighted by molar-refractivity contribution is 14.1. The minimum Gasteiger partial charge on any atom is -0.444 e. The van der Waals surface area contributed by atoms with Crippen LogP contribution in [-0.4, -0.2) is 77.6 Å². The van der Waals surface area contributed by atoms with Gasteiger partial charge in [-0.2, -0.15) is 0 Å². The number of benzene rings is 2. The van der Waals surface area contributed by atoms with E-state index in [0.717, 1.165) is 14.7 Å². The molecule has 3 N–H and O–H groups in total. The van der Waals surface area contributed by atoms with Crippen molar-refractivity contribution in [1.29, 1.82) is 0 Å². The van der Waals surface area contributed by atoms with Gasteiger partial charge in [0, 0.05) is 28.1 Å². The van der Waals surface area contributed by atoms with Gasteiger partial charge in [0.15, 0.2) is 0 Å². The number of carbonyl (C=O) groups excluding carboxylic acids is 4. The van der Waals surface area contributed by atoms with E-state index >= 15 is 0 Å². The average Bonchev–Trinajstić information content (AvgIpc) is 3.94. The number of hydrogen-bond acceptors (Lipinski definition) is 8. The van der Waals surface area contributed by atoms with Gasteiger partial charge < -0.3 is 20.3 Å². The first-order valence-electron chi connectivity index (χ1n) is 16.3. The van der Waals surface area contributed by atoms with E-state index in [1.807, 2.05) is 32.0 Å². The number of anilines is 1. The molecular weight excluding hydrogens is 768 g/mol. The summed E-state index contributed by atoms with van der Waals surface area (Å²) in [6, 6.07) is 9.41. The van der Waals surface area contributed by atoms with Crippen LogP contribution in [0.2, 0.25) is 0 Å². The number of nitrogens with zero attached hydrogens (tertiary/aromatic N) is 2. The molecule has 2 aliphatic carbocycles. The van der Waals surface area contributed by atoms with Crippen molar-refractivity contribution in [2.24, 2.45) is 11.8 Å². The third kappa shape index (κ3) is 7.28. The lowest BCUT2D eigenvalue weighted by Crippen LogP contribution is -2.58. The topological polar surface area (TPSA) is 154 Å². The zero-order valence-electron chi connectivity index (χ0n) is 27.2. The van der Waals surface area contributed by atoms with Crippen LogP contribution in [0, 0.1) is 21.2 Å². The first kappa shape index (κ1) is 35.1. The SMILES string of the molecule is C=C[C@@H]1C[C@]1(NC(=O)[C@@H]1C[C@@H](OC(=O)N2Cc3cccc(I)c3C2)CN1C(=O)[C@@H](Nc1ccc(F)cc1)C(C)C)C(=O)NS(=O)(=O)C1CC1. The van der Waals surface area contributed by atoms with Crippen molar-refractivity contribution in [3.8, 4) is 0 Å². The van der Waals surface area contributed by atoms with Crippen LogP contribution >= 0.6 is 22.6 Å². The summed E-state index contributed by atoms with van der Waals surface area (Å²) in [5, 5.41) is 5.26. The second kappa shape index (κ2) is 13.5. The van der Waals surface area contributed by atoms with Crippen molar-refractivity contribution in [2.75, 3.05) is 11.9 Å². The van der Waals surface area contributed by atoms with Crippen LogP contribution in [0.4, 0.5) is 14.9 Å². The summed E-state index contributed by atoms with van der Waals surface area (Å²) in [5.41, 5.74) is 1.01. The summed E-state index contributed by atoms with van der Waals surface area (Å²) in [7, 11) is -3.89. The van der Waals surface area contributed by atoms with E-state index in [1.165, 1.54) is 35.2 Å². The van der Waals surface area contributed by atoms with Gasteiger partial charge in [0.2, 0.25) is 21.8 Å². The highest BCUT2D eigenvalue weighted by Crippen LogP contribution is 2.45. The van der Waals surface area contributed by atoms with Crippen LogP contribution in [0.3, 0.4) is 0 Å². The number of sulfonamides is 1. The summed E-state index contributed by atoms with van der Waals surface area (Å²) < 4.78 is 47.9. The lowest BCUT2D eigenvalue weighted by molar-refractivity contribution is -0.140. The standard InChI is InChI=1S/C34H39FIN5O7S/c1-4-21-15-34(21,32(44)39-49(46,47)25-12-13-25)38-30(42)28-14-24(48-33(45)40-16-20-6-5-7-27(36)26(20)18-40)17-41(28)31(43)29(19(2)3)37-23-10-8-22(35)9-11-23/h4-11,19,21,24-25,28-29,37H,1,12-18H2,2-3H3,(H,38,42)(H,39,44)/t21-,24-,28+,29+,34-/m1/s1. The van der Waals surface area contributed by atoms with Crippen molar-refractivity contribution < 1.29 is 36.7 Å².